The highest BCUT2D eigenvalue weighted by molar-refractivity contribution is 5.96. The zero-order chi connectivity index (χ0) is 22.7. The number of hydrogen-bond acceptors (Lipinski definition) is 1. The van der Waals surface area contributed by atoms with Crippen molar-refractivity contribution in [3.8, 4) is 22.3 Å². The quantitative estimate of drug-likeness (QED) is 0.228. The van der Waals surface area contributed by atoms with E-state index >= 15 is 0 Å². The molecule has 0 saturated heterocycles. The van der Waals surface area contributed by atoms with Crippen LogP contribution < -0.4 is 4.90 Å². The van der Waals surface area contributed by atoms with Crippen molar-refractivity contribution in [1.82, 2.24) is 0 Å². The first-order valence-electron chi connectivity index (χ1n) is 12.7. The summed E-state index contributed by atoms with van der Waals surface area (Å²) in [4.78, 5) is 2.56. The van der Waals surface area contributed by atoms with Gasteiger partial charge < -0.3 is 4.90 Å². The molecule has 164 valence electrons. The lowest BCUT2D eigenvalue weighted by molar-refractivity contribution is 1.01. The second kappa shape index (κ2) is 6.31. The molecule has 2 heterocycles. The lowest BCUT2D eigenvalue weighted by Crippen LogP contribution is -2.25. The summed E-state index contributed by atoms with van der Waals surface area (Å²) in [6.45, 7) is 0. The van der Waals surface area contributed by atoms with Gasteiger partial charge in [0.25, 0.3) is 0 Å². The Labute approximate surface area is 205 Å². The second-order valence-electron chi connectivity index (χ2n) is 10.5. The molecule has 2 aliphatic heterocycles. The molecule has 5 aromatic carbocycles. The predicted molar refractivity (Wildman–Crippen MR) is 143 cm³/mol. The summed E-state index contributed by atoms with van der Waals surface area (Å²) >= 11 is 0. The monoisotopic (exact) mass is 445 g/mol. The number of rotatable bonds is 0. The molecule has 0 atom stereocenters. The van der Waals surface area contributed by atoms with Gasteiger partial charge in [-0.15, -0.1) is 0 Å². The Balaban J connectivity index is 1.33. The van der Waals surface area contributed by atoms with Gasteiger partial charge in [-0.25, -0.2) is 0 Å². The molecule has 0 N–H and O–H groups in total. The van der Waals surface area contributed by atoms with Crippen LogP contribution in [0.3, 0.4) is 0 Å². The van der Waals surface area contributed by atoms with Crippen LogP contribution in [-0.2, 0) is 25.7 Å². The highest BCUT2D eigenvalue weighted by Crippen LogP contribution is 2.56. The van der Waals surface area contributed by atoms with Gasteiger partial charge in [0.2, 0.25) is 0 Å². The topological polar surface area (TPSA) is 3.24 Å². The Bertz CT molecular complexity index is 1740. The zero-order valence-corrected chi connectivity index (χ0v) is 19.4. The third kappa shape index (κ3) is 2.29. The van der Waals surface area contributed by atoms with E-state index < -0.39 is 0 Å². The molecule has 0 aromatic heterocycles. The van der Waals surface area contributed by atoms with Crippen molar-refractivity contribution in [3.05, 3.63) is 136 Å². The van der Waals surface area contributed by atoms with E-state index in [2.05, 4.69) is 95.9 Å². The highest BCUT2D eigenvalue weighted by atomic mass is 15.2. The minimum absolute atomic E-state index is 1.01. The van der Waals surface area contributed by atoms with Gasteiger partial charge >= 0.3 is 0 Å². The average Bonchev–Trinajstić information content (AvgIpc) is 3.44. The minimum Gasteiger partial charge on any atom is -0.309 e. The van der Waals surface area contributed by atoms with E-state index in [-0.39, 0.29) is 0 Å². The van der Waals surface area contributed by atoms with Crippen molar-refractivity contribution >= 4 is 17.1 Å². The van der Waals surface area contributed by atoms with Crippen molar-refractivity contribution in [2.45, 2.75) is 25.7 Å². The molecule has 0 spiro atoms. The summed E-state index contributed by atoms with van der Waals surface area (Å²) in [7, 11) is 0. The lowest BCUT2D eigenvalue weighted by atomic mass is 9.82. The van der Waals surface area contributed by atoms with Crippen LogP contribution in [0.5, 0.6) is 0 Å². The molecule has 5 aromatic rings. The summed E-state index contributed by atoms with van der Waals surface area (Å²) in [5.74, 6) is 0. The summed E-state index contributed by atoms with van der Waals surface area (Å²) in [5.41, 5.74) is 21.8. The number of fused-ring (bicyclic) bond motifs is 11. The van der Waals surface area contributed by atoms with E-state index in [1.54, 1.807) is 0 Å². The number of nitrogens with zero attached hydrogens (tertiary/aromatic N) is 1. The largest absolute Gasteiger partial charge is 0.309 e. The van der Waals surface area contributed by atoms with Crippen molar-refractivity contribution in [2.24, 2.45) is 0 Å². The normalized spacial score (nSPS) is 14.9. The van der Waals surface area contributed by atoms with Crippen LogP contribution in [0, 0.1) is 0 Å². The van der Waals surface area contributed by atoms with Crippen molar-refractivity contribution in [1.29, 1.82) is 0 Å². The molecular weight excluding hydrogens is 422 g/mol. The summed E-state index contributed by atoms with van der Waals surface area (Å²) < 4.78 is 0. The van der Waals surface area contributed by atoms with E-state index in [0.29, 0.717) is 0 Å². The third-order valence-electron chi connectivity index (χ3n) is 8.67. The maximum Gasteiger partial charge on any atom is 0.0539 e. The van der Waals surface area contributed by atoms with Crippen LogP contribution >= 0.6 is 0 Å². The Morgan fingerprint density at radius 1 is 0.429 bits per heavy atom. The molecular formula is C34H23N. The predicted octanol–water partition coefficient (Wildman–Crippen LogP) is 8.11. The fourth-order valence-electron chi connectivity index (χ4n) is 7.26. The molecule has 0 radical (unpaired) electrons. The molecule has 4 aliphatic rings. The Morgan fingerprint density at radius 3 is 1.86 bits per heavy atom. The highest BCUT2D eigenvalue weighted by Gasteiger charge is 2.36. The first-order chi connectivity index (χ1) is 17.3. The van der Waals surface area contributed by atoms with Crippen molar-refractivity contribution < 1.29 is 0 Å². The lowest BCUT2D eigenvalue weighted by Gasteiger charge is -2.40. The van der Waals surface area contributed by atoms with Gasteiger partial charge in [0, 0.05) is 24.2 Å². The Hall–Kier alpha value is -4.10. The molecule has 0 saturated carbocycles. The number of hydrogen-bond donors (Lipinski definition) is 0. The maximum atomic E-state index is 2.56. The fourth-order valence-corrected chi connectivity index (χ4v) is 7.26. The van der Waals surface area contributed by atoms with Crippen molar-refractivity contribution in [3.63, 3.8) is 0 Å². The first-order valence-corrected chi connectivity index (χ1v) is 12.7. The van der Waals surface area contributed by atoms with Crippen LogP contribution in [0.25, 0.3) is 22.3 Å². The minimum atomic E-state index is 1.01. The van der Waals surface area contributed by atoms with Gasteiger partial charge in [-0.3, -0.25) is 0 Å². The van der Waals surface area contributed by atoms with E-state index in [9.17, 15) is 0 Å². The summed E-state index contributed by atoms with van der Waals surface area (Å²) in [6.07, 6.45) is 4.14. The van der Waals surface area contributed by atoms with Gasteiger partial charge in [-0.05, 0) is 97.8 Å². The molecule has 1 heteroatoms. The zero-order valence-electron chi connectivity index (χ0n) is 19.4. The number of benzene rings is 5. The van der Waals surface area contributed by atoms with Crippen LogP contribution in [0.4, 0.5) is 17.1 Å². The van der Waals surface area contributed by atoms with E-state index in [1.807, 2.05) is 0 Å². The van der Waals surface area contributed by atoms with Crippen LogP contribution in [-0.4, -0.2) is 0 Å². The van der Waals surface area contributed by atoms with Gasteiger partial charge in [0.15, 0.2) is 0 Å². The first kappa shape index (κ1) is 18.3. The smallest absolute Gasteiger partial charge is 0.0539 e. The van der Waals surface area contributed by atoms with Gasteiger partial charge in [-0.1, -0.05) is 72.8 Å². The molecule has 1 nitrogen and oxygen atoms in total. The van der Waals surface area contributed by atoms with Gasteiger partial charge in [0.1, 0.15) is 0 Å². The molecule has 0 bridgehead atoms. The Morgan fingerprint density at radius 2 is 1.03 bits per heavy atom. The molecule has 9 rings (SSSR count). The van der Waals surface area contributed by atoms with Crippen LogP contribution in [0.1, 0.15) is 44.5 Å². The SMILES string of the molecule is c1ccc2c(c1)Cc1cc3c(cc1-2)-c1c(cc2c4c1Cc1ccccc1N4c1ccccc1C2)C3. The summed E-state index contributed by atoms with van der Waals surface area (Å²) in [5, 5.41) is 0. The van der Waals surface area contributed by atoms with Crippen LogP contribution in [0.15, 0.2) is 91.0 Å². The van der Waals surface area contributed by atoms with E-state index in [1.165, 1.54) is 83.8 Å². The molecule has 2 aliphatic carbocycles. The standard InChI is InChI=1S/C34H23N/c1-4-10-27-20(7-1)13-23-15-24-16-25-17-26-14-21-8-2-5-11-31(21)35-32-12-6-3-9-22(32)18-30(34(26)35)33(25)29(24)19-28(23)27/h1-12,15,17,19H,13-14,16,18H2. The molecule has 0 amide bonds. The van der Waals surface area contributed by atoms with Crippen LogP contribution in [0.2, 0.25) is 0 Å². The average molecular weight is 446 g/mol. The molecule has 35 heavy (non-hydrogen) atoms. The van der Waals surface area contributed by atoms with Gasteiger partial charge in [-0.2, -0.15) is 0 Å². The summed E-state index contributed by atoms with van der Waals surface area (Å²) in [6, 6.07) is 34.5. The maximum absolute atomic E-state index is 2.56. The number of para-hydroxylation sites is 2. The number of anilines is 3. The van der Waals surface area contributed by atoms with Gasteiger partial charge in [0.05, 0.1) is 5.69 Å². The van der Waals surface area contributed by atoms with E-state index in [0.717, 1.165) is 25.7 Å². The third-order valence-corrected chi connectivity index (χ3v) is 8.67. The van der Waals surface area contributed by atoms with Crippen molar-refractivity contribution in [2.75, 3.05) is 4.90 Å². The Kier molecular flexibility index (Phi) is 3.29. The fraction of sp³-hybridized carbons (Fsp3) is 0.118. The second-order valence-corrected chi connectivity index (χ2v) is 10.5. The van der Waals surface area contributed by atoms with E-state index in [4.69, 9.17) is 0 Å². The molecule has 0 unspecified atom stereocenters. The molecule has 0 fully saturated rings.